The van der Waals surface area contributed by atoms with Gasteiger partial charge in [-0.3, -0.25) is 9.59 Å². The van der Waals surface area contributed by atoms with E-state index in [0.29, 0.717) is 46.0 Å². The van der Waals surface area contributed by atoms with Crippen LogP contribution in [0.15, 0.2) is 59.5 Å². The number of halogens is 4. The maximum absolute atomic E-state index is 13.1. The van der Waals surface area contributed by atoms with Crippen molar-refractivity contribution in [3.8, 4) is 5.69 Å². The van der Waals surface area contributed by atoms with Crippen molar-refractivity contribution < 1.29 is 18.0 Å². The zero-order valence-corrected chi connectivity index (χ0v) is 18.7. The van der Waals surface area contributed by atoms with Gasteiger partial charge in [0.05, 0.1) is 23.1 Å². The molecule has 2 aromatic heterocycles. The number of aromatic nitrogens is 4. The van der Waals surface area contributed by atoms with Crippen LogP contribution in [-0.4, -0.2) is 37.1 Å². The van der Waals surface area contributed by atoms with Crippen LogP contribution in [0.4, 0.5) is 13.2 Å². The second-order valence-corrected chi connectivity index (χ2v) is 8.03. The molecule has 176 valence electrons. The highest BCUT2D eigenvalue weighted by atomic mass is 35.5. The van der Waals surface area contributed by atoms with Crippen molar-refractivity contribution in [2.45, 2.75) is 26.1 Å². The molecule has 1 amide bonds. The Kier molecular flexibility index (Phi) is 6.43. The van der Waals surface area contributed by atoms with E-state index in [0.717, 1.165) is 10.7 Å². The summed E-state index contributed by atoms with van der Waals surface area (Å²) in [6.07, 6.45) is -2.66. The third kappa shape index (κ3) is 4.96. The number of hydrogen-bond acceptors (Lipinski definition) is 4. The van der Waals surface area contributed by atoms with Gasteiger partial charge in [-0.1, -0.05) is 18.5 Å². The van der Waals surface area contributed by atoms with Crippen LogP contribution in [0.25, 0.3) is 16.6 Å². The molecule has 0 unspecified atom stereocenters. The first kappa shape index (κ1) is 23.5. The molecular formula is C23H19ClF3N5O2. The molecule has 0 bridgehead atoms. The van der Waals surface area contributed by atoms with E-state index in [-0.39, 0.29) is 18.0 Å². The summed E-state index contributed by atoms with van der Waals surface area (Å²) in [5.41, 5.74) is -0.183. The lowest BCUT2D eigenvalue weighted by molar-refractivity contribution is -0.141. The molecule has 1 N–H and O–H groups in total. The molecule has 7 nitrogen and oxygen atoms in total. The normalized spacial score (nSPS) is 11.7. The summed E-state index contributed by atoms with van der Waals surface area (Å²) in [6.45, 7) is 2.39. The van der Waals surface area contributed by atoms with Gasteiger partial charge in [-0.15, -0.1) is 0 Å². The van der Waals surface area contributed by atoms with E-state index in [2.05, 4.69) is 15.1 Å². The highest BCUT2D eigenvalue weighted by Gasteiger charge is 2.33. The van der Waals surface area contributed by atoms with E-state index in [1.165, 1.54) is 30.5 Å². The van der Waals surface area contributed by atoms with E-state index >= 15 is 0 Å². The minimum atomic E-state index is -4.54. The Bertz CT molecular complexity index is 1400. The zero-order valence-electron chi connectivity index (χ0n) is 17.9. The predicted molar refractivity (Wildman–Crippen MR) is 121 cm³/mol. The van der Waals surface area contributed by atoms with E-state index in [1.54, 1.807) is 23.1 Å². The fraction of sp³-hybridized carbons (Fsp3) is 0.217. The Balaban J connectivity index is 1.57. The smallest absolute Gasteiger partial charge is 0.331 e. The average Bonchev–Trinajstić information content (AvgIpc) is 3.29. The first-order valence-electron chi connectivity index (χ1n) is 10.4. The topological polar surface area (TPSA) is 83.9 Å². The van der Waals surface area contributed by atoms with Crippen LogP contribution < -0.4 is 5.56 Å². The summed E-state index contributed by atoms with van der Waals surface area (Å²) in [7, 11) is 0. The number of alkyl halides is 3. The van der Waals surface area contributed by atoms with Gasteiger partial charge in [-0.2, -0.15) is 18.3 Å². The fourth-order valence-electron chi connectivity index (χ4n) is 3.50. The average molecular weight is 490 g/mol. The molecule has 0 radical (unpaired) electrons. The number of benzene rings is 2. The van der Waals surface area contributed by atoms with Gasteiger partial charge in [0.15, 0.2) is 5.69 Å². The maximum Gasteiger partial charge on any atom is 0.435 e. The highest BCUT2D eigenvalue weighted by molar-refractivity contribution is 6.31. The Morgan fingerprint density at radius 2 is 1.88 bits per heavy atom. The molecule has 0 saturated carbocycles. The number of fused-ring (bicyclic) bond motifs is 1. The van der Waals surface area contributed by atoms with Crippen LogP contribution in [0, 0.1) is 0 Å². The third-order valence-corrected chi connectivity index (χ3v) is 5.33. The fourth-order valence-corrected chi connectivity index (χ4v) is 3.66. The largest absolute Gasteiger partial charge is 0.435 e. The Labute approximate surface area is 196 Å². The lowest BCUT2D eigenvalue weighted by Gasteiger charge is -2.22. The van der Waals surface area contributed by atoms with Gasteiger partial charge in [0.2, 0.25) is 0 Å². The van der Waals surface area contributed by atoms with Crippen LogP contribution in [0.3, 0.4) is 0 Å². The maximum atomic E-state index is 13.1. The molecule has 0 saturated heterocycles. The molecule has 2 aromatic carbocycles. The van der Waals surface area contributed by atoms with Gasteiger partial charge >= 0.3 is 6.18 Å². The molecule has 0 aliphatic rings. The van der Waals surface area contributed by atoms with Gasteiger partial charge in [-0.05, 0) is 55.0 Å². The van der Waals surface area contributed by atoms with E-state index in [4.69, 9.17) is 11.6 Å². The SMILES string of the molecule is CCCN(Cc1nc2cc(Cl)ccc2c(=O)[nH]1)C(=O)c1ccc(-n2ccc(C(F)(F)F)n2)cc1. The summed E-state index contributed by atoms with van der Waals surface area (Å²) in [5, 5.41) is 4.37. The quantitative estimate of drug-likeness (QED) is 0.420. The number of aromatic amines is 1. The van der Waals surface area contributed by atoms with Gasteiger partial charge in [-0.25, -0.2) is 9.67 Å². The number of carbonyl (C=O) groups excluding carboxylic acids is 1. The summed E-state index contributed by atoms with van der Waals surface area (Å²) >= 11 is 6.01. The van der Waals surface area contributed by atoms with Crippen molar-refractivity contribution in [1.29, 1.82) is 0 Å². The predicted octanol–water partition coefficient (Wildman–Crippen LogP) is 4.83. The second-order valence-electron chi connectivity index (χ2n) is 7.59. The van der Waals surface area contributed by atoms with Crippen LogP contribution in [0.5, 0.6) is 0 Å². The van der Waals surface area contributed by atoms with Crippen LogP contribution in [0.1, 0.15) is 35.2 Å². The molecule has 34 heavy (non-hydrogen) atoms. The monoisotopic (exact) mass is 489 g/mol. The number of H-pyrrole nitrogens is 1. The number of carbonyl (C=O) groups is 1. The Morgan fingerprint density at radius 1 is 1.15 bits per heavy atom. The lowest BCUT2D eigenvalue weighted by Crippen LogP contribution is -2.32. The molecule has 0 fully saturated rings. The standard InChI is InChI=1S/C23H19ClF3N5O2/c1-2-10-31(13-20-28-18-12-15(24)5-8-17(18)21(33)29-20)22(34)14-3-6-16(7-4-14)32-11-9-19(30-32)23(25,26)27/h3-9,11-12H,2,10,13H2,1H3,(H,28,29,33). The lowest BCUT2D eigenvalue weighted by atomic mass is 10.1. The minimum absolute atomic E-state index is 0.0697. The Hall–Kier alpha value is -3.66. The van der Waals surface area contributed by atoms with Gasteiger partial charge in [0.25, 0.3) is 11.5 Å². The molecule has 2 heterocycles. The second kappa shape index (κ2) is 9.30. The summed E-state index contributed by atoms with van der Waals surface area (Å²) in [6, 6.07) is 11.7. The van der Waals surface area contributed by atoms with Crippen molar-refractivity contribution >= 4 is 28.4 Å². The summed E-state index contributed by atoms with van der Waals surface area (Å²) in [4.78, 5) is 34.2. The zero-order chi connectivity index (χ0) is 24.5. The summed E-state index contributed by atoms with van der Waals surface area (Å²) in [5.74, 6) is 0.00749. The number of nitrogens with zero attached hydrogens (tertiary/aromatic N) is 4. The van der Waals surface area contributed by atoms with E-state index < -0.39 is 11.9 Å². The van der Waals surface area contributed by atoms with Crippen LogP contribution in [-0.2, 0) is 12.7 Å². The van der Waals surface area contributed by atoms with Crippen molar-refractivity contribution in [3.63, 3.8) is 0 Å². The molecular weight excluding hydrogens is 471 g/mol. The van der Waals surface area contributed by atoms with E-state index in [1.807, 2.05) is 6.92 Å². The molecule has 0 aliphatic carbocycles. The number of rotatable bonds is 6. The molecule has 0 spiro atoms. The number of nitrogens with one attached hydrogen (secondary N) is 1. The first-order valence-corrected chi connectivity index (χ1v) is 10.7. The van der Waals surface area contributed by atoms with Gasteiger partial charge in [0.1, 0.15) is 5.82 Å². The highest BCUT2D eigenvalue weighted by Crippen LogP contribution is 2.28. The number of hydrogen-bond donors (Lipinski definition) is 1. The van der Waals surface area contributed by atoms with Crippen molar-refractivity contribution in [2.24, 2.45) is 0 Å². The van der Waals surface area contributed by atoms with Crippen LogP contribution in [0.2, 0.25) is 5.02 Å². The minimum Gasteiger partial charge on any atom is -0.331 e. The molecule has 11 heteroatoms. The van der Waals surface area contributed by atoms with Crippen molar-refractivity contribution in [1.82, 2.24) is 24.6 Å². The van der Waals surface area contributed by atoms with Crippen molar-refractivity contribution in [2.75, 3.05) is 6.54 Å². The molecule has 0 atom stereocenters. The van der Waals surface area contributed by atoms with Crippen molar-refractivity contribution in [3.05, 3.63) is 87.2 Å². The van der Waals surface area contributed by atoms with E-state index in [9.17, 15) is 22.8 Å². The Morgan fingerprint density at radius 3 is 2.53 bits per heavy atom. The molecule has 4 rings (SSSR count). The third-order valence-electron chi connectivity index (χ3n) is 5.10. The first-order chi connectivity index (χ1) is 16.2. The van der Waals surface area contributed by atoms with Gasteiger partial charge < -0.3 is 9.88 Å². The summed E-state index contributed by atoms with van der Waals surface area (Å²) < 4.78 is 39.5. The van der Waals surface area contributed by atoms with Crippen LogP contribution >= 0.6 is 11.6 Å². The van der Waals surface area contributed by atoms with Gasteiger partial charge in [0, 0.05) is 23.3 Å². The number of amides is 1. The molecule has 4 aromatic rings. The molecule has 0 aliphatic heterocycles.